The number of nitrogens with one attached hydrogen (secondary N) is 1. The summed E-state index contributed by atoms with van der Waals surface area (Å²) in [4.78, 5) is 2.64. The van der Waals surface area contributed by atoms with Gasteiger partial charge in [0.25, 0.3) is 0 Å². The number of benzene rings is 1. The van der Waals surface area contributed by atoms with Crippen molar-refractivity contribution in [1.29, 1.82) is 0 Å². The van der Waals surface area contributed by atoms with Crippen LogP contribution in [0, 0.1) is 6.92 Å². The van der Waals surface area contributed by atoms with Crippen LogP contribution in [-0.4, -0.2) is 6.54 Å². The molecule has 1 unspecified atom stereocenters. The van der Waals surface area contributed by atoms with Crippen LogP contribution < -0.4 is 10.1 Å². The largest absolute Gasteiger partial charge is 0.483 e. The van der Waals surface area contributed by atoms with E-state index in [0.29, 0.717) is 15.8 Å². The smallest absolute Gasteiger partial charge is 0.140 e. The van der Waals surface area contributed by atoms with Crippen molar-refractivity contribution in [3.8, 4) is 5.75 Å². The summed E-state index contributed by atoms with van der Waals surface area (Å²) in [6.07, 6.45) is -0.00957. The van der Waals surface area contributed by atoms with Crippen LogP contribution in [0.5, 0.6) is 5.75 Å². The lowest BCUT2D eigenvalue weighted by Crippen LogP contribution is -2.30. The average molecular weight is 314 g/mol. The average Bonchev–Trinajstić information content (AvgIpc) is 2.76. The molecule has 1 aliphatic heterocycles. The number of aryl methyl sites for hydroxylation is 1. The third kappa shape index (κ3) is 2.61. The van der Waals surface area contributed by atoms with Crippen molar-refractivity contribution >= 4 is 34.5 Å². The molecule has 2 aromatic rings. The quantitative estimate of drug-likeness (QED) is 0.875. The Balaban J connectivity index is 1.90. The Morgan fingerprint density at radius 1 is 1.37 bits per heavy atom. The molecule has 0 saturated carbocycles. The molecule has 1 aromatic carbocycles. The van der Waals surface area contributed by atoms with E-state index in [-0.39, 0.29) is 6.10 Å². The molecule has 19 heavy (non-hydrogen) atoms. The van der Waals surface area contributed by atoms with Gasteiger partial charge in [0.1, 0.15) is 16.9 Å². The zero-order valence-electron chi connectivity index (χ0n) is 10.4. The highest BCUT2D eigenvalue weighted by Gasteiger charge is 2.24. The molecule has 0 radical (unpaired) electrons. The molecular formula is C14H13Cl2NOS. The van der Waals surface area contributed by atoms with Gasteiger partial charge in [-0.05, 0) is 25.1 Å². The summed E-state index contributed by atoms with van der Waals surface area (Å²) in [5, 5.41) is 4.36. The van der Waals surface area contributed by atoms with Gasteiger partial charge in [0.15, 0.2) is 0 Å². The second kappa shape index (κ2) is 5.33. The minimum atomic E-state index is -0.00957. The highest BCUT2D eigenvalue weighted by molar-refractivity contribution is 7.12. The van der Waals surface area contributed by atoms with Crippen molar-refractivity contribution < 1.29 is 4.74 Å². The van der Waals surface area contributed by atoms with Crippen molar-refractivity contribution in [3.05, 3.63) is 49.6 Å². The van der Waals surface area contributed by atoms with E-state index in [1.165, 1.54) is 15.3 Å². The summed E-state index contributed by atoms with van der Waals surface area (Å²) in [6.45, 7) is 3.81. The second-order valence-electron chi connectivity index (χ2n) is 4.52. The predicted octanol–water partition coefficient (Wildman–Crippen LogP) is 4.59. The number of ether oxygens (including phenoxy) is 1. The Hall–Kier alpha value is -0.740. The van der Waals surface area contributed by atoms with E-state index in [0.717, 1.165) is 13.1 Å². The topological polar surface area (TPSA) is 21.3 Å². The van der Waals surface area contributed by atoms with Gasteiger partial charge in [-0.2, -0.15) is 0 Å². The first-order valence-corrected chi connectivity index (χ1v) is 7.63. The van der Waals surface area contributed by atoms with Gasteiger partial charge >= 0.3 is 0 Å². The van der Waals surface area contributed by atoms with Gasteiger partial charge in [0.05, 0.1) is 5.02 Å². The molecule has 2 heterocycles. The van der Waals surface area contributed by atoms with Crippen molar-refractivity contribution in [2.24, 2.45) is 0 Å². The highest BCUT2D eigenvalue weighted by Crippen LogP contribution is 2.37. The second-order valence-corrected chi connectivity index (χ2v) is 6.65. The Labute approximate surface area is 126 Å². The van der Waals surface area contributed by atoms with Crippen LogP contribution in [0.15, 0.2) is 24.3 Å². The van der Waals surface area contributed by atoms with Crippen molar-refractivity contribution in [3.63, 3.8) is 0 Å². The van der Waals surface area contributed by atoms with Crippen LogP contribution in [0.4, 0.5) is 0 Å². The summed E-state index contributed by atoms with van der Waals surface area (Å²) in [6, 6.07) is 7.65. The Bertz CT molecular complexity index is 611. The first-order valence-electron chi connectivity index (χ1n) is 6.05. The fourth-order valence-electron chi connectivity index (χ4n) is 2.25. The van der Waals surface area contributed by atoms with Gasteiger partial charge in [0.2, 0.25) is 0 Å². The minimum absolute atomic E-state index is 0.00957. The summed E-state index contributed by atoms with van der Waals surface area (Å²) in [5.74, 6) is 0.637. The zero-order chi connectivity index (χ0) is 13.4. The van der Waals surface area contributed by atoms with Crippen LogP contribution >= 0.6 is 34.5 Å². The normalized spacial score (nSPS) is 18.2. The Morgan fingerprint density at radius 2 is 2.21 bits per heavy atom. The lowest BCUT2D eigenvalue weighted by atomic mass is 10.1. The molecule has 0 spiro atoms. The molecule has 0 fully saturated rings. The Morgan fingerprint density at radius 3 is 3.05 bits per heavy atom. The summed E-state index contributed by atoms with van der Waals surface area (Å²) < 4.78 is 6.03. The van der Waals surface area contributed by atoms with Crippen LogP contribution in [0.2, 0.25) is 10.0 Å². The number of hydrogen-bond donors (Lipinski definition) is 1. The van der Waals surface area contributed by atoms with E-state index < -0.39 is 0 Å². The summed E-state index contributed by atoms with van der Waals surface area (Å²) in [5.41, 5.74) is 1.26. The molecule has 3 rings (SSSR count). The van der Waals surface area contributed by atoms with Crippen molar-refractivity contribution in [2.75, 3.05) is 6.54 Å². The maximum Gasteiger partial charge on any atom is 0.140 e. The molecule has 0 bridgehead atoms. The van der Waals surface area contributed by atoms with E-state index in [4.69, 9.17) is 27.9 Å². The van der Waals surface area contributed by atoms with Crippen molar-refractivity contribution in [1.82, 2.24) is 5.32 Å². The molecule has 0 aliphatic carbocycles. The van der Waals surface area contributed by atoms with Gasteiger partial charge in [-0.15, -0.1) is 11.3 Å². The van der Waals surface area contributed by atoms with Gasteiger partial charge < -0.3 is 10.1 Å². The van der Waals surface area contributed by atoms with E-state index in [9.17, 15) is 0 Å². The van der Waals surface area contributed by atoms with Crippen LogP contribution in [0.25, 0.3) is 0 Å². The van der Waals surface area contributed by atoms with Gasteiger partial charge in [-0.1, -0.05) is 29.3 Å². The molecule has 2 nitrogen and oxygen atoms in total. The fraction of sp³-hybridized carbons (Fsp3) is 0.286. The van der Waals surface area contributed by atoms with Crippen LogP contribution in [0.1, 0.15) is 21.4 Å². The minimum Gasteiger partial charge on any atom is -0.483 e. The van der Waals surface area contributed by atoms with E-state index >= 15 is 0 Å². The van der Waals surface area contributed by atoms with E-state index in [2.05, 4.69) is 18.3 Å². The van der Waals surface area contributed by atoms with Crippen LogP contribution in [-0.2, 0) is 6.54 Å². The third-order valence-corrected chi connectivity index (χ3v) is 4.98. The molecule has 1 aliphatic rings. The Kier molecular flexibility index (Phi) is 3.72. The van der Waals surface area contributed by atoms with Gasteiger partial charge in [0, 0.05) is 28.4 Å². The molecule has 0 saturated heterocycles. The van der Waals surface area contributed by atoms with Gasteiger partial charge in [-0.25, -0.2) is 0 Å². The number of halogens is 2. The third-order valence-electron chi connectivity index (χ3n) is 3.11. The fourth-order valence-corrected chi connectivity index (χ4v) is 3.65. The van der Waals surface area contributed by atoms with Crippen molar-refractivity contribution in [2.45, 2.75) is 19.6 Å². The maximum absolute atomic E-state index is 6.17. The first kappa shape index (κ1) is 13.3. The monoisotopic (exact) mass is 313 g/mol. The molecule has 100 valence electrons. The van der Waals surface area contributed by atoms with Crippen LogP contribution in [0.3, 0.4) is 0 Å². The van der Waals surface area contributed by atoms with Gasteiger partial charge in [-0.3, -0.25) is 0 Å². The maximum atomic E-state index is 6.17. The van der Waals surface area contributed by atoms with E-state index in [1.807, 2.05) is 23.5 Å². The highest BCUT2D eigenvalue weighted by atomic mass is 35.5. The molecule has 5 heteroatoms. The number of fused-ring (bicyclic) bond motifs is 1. The summed E-state index contributed by atoms with van der Waals surface area (Å²) >= 11 is 14.0. The summed E-state index contributed by atoms with van der Waals surface area (Å²) in [7, 11) is 0. The number of thiophene rings is 1. The molecule has 1 N–H and O–H groups in total. The number of hydrogen-bond acceptors (Lipinski definition) is 3. The molecule has 1 aromatic heterocycles. The molecular weight excluding hydrogens is 301 g/mol. The molecule has 0 amide bonds. The first-order chi connectivity index (χ1) is 9.15. The van der Waals surface area contributed by atoms with E-state index in [1.54, 1.807) is 6.07 Å². The predicted molar refractivity (Wildman–Crippen MR) is 80.6 cm³/mol. The SMILES string of the molecule is Cc1cc2c(s1)CNCC2Oc1cccc(Cl)c1Cl. The molecule has 1 atom stereocenters. The lowest BCUT2D eigenvalue weighted by Gasteiger charge is -2.25. The number of rotatable bonds is 2. The zero-order valence-corrected chi connectivity index (χ0v) is 12.7. The lowest BCUT2D eigenvalue weighted by molar-refractivity contribution is 0.193. The standard InChI is InChI=1S/C14H13Cl2NOS/c1-8-5-9-12(6-17-7-13(9)19-8)18-11-4-2-3-10(15)14(11)16/h2-5,12,17H,6-7H2,1H3.